The van der Waals surface area contributed by atoms with Crippen LogP contribution in [0.3, 0.4) is 0 Å². The fraction of sp³-hybridized carbons (Fsp3) is 0.250. The molecule has 0 radical (unpaired) electrons. The minimum Gasteiger partial charge on any atom is -0.493 e. The second-order valence-electron chi connectivity index (χ2n) is 3.94. The lowest BCUT2D eigenvalue weighted by Crippen LogP contribution is -2.00. The van der Waals surface area contributed by atoms with E-state index in [0.717, 1.165) is 0 Å². The molecule has 96 valence electrons. The molecule has 0 saturated heterocycles. The maximum Gasteiger partial charge on any atom is 0.167 e. The first-order valence-corrected chi connectivity index (χ1v) is 5.65. The van der Waals surface area contributed by atoms with Gasteiger partial charge in [0.1, 0.15) is 5.82 Å². The summed E-state index contributed by atoms with van der Waals surface area (Å²) in [5.41, 5.74) is 7.75. The summed E-state index contributed by atoms with van der Waals surface area (Å²) in [4.78, 5) is 0. The Morgan fingerprint density at radius 3 is 2.67 bits per heavy atom. The number of nitrogens with zero attached hydrogens (tertiary/aromatic N) is 2. The van der Waals surface area contributed by atoms with E-state index in [1.165, 1.54) is 17.9 Å². The molecule has 0 atom stereocenters. The van der Waals surface area contributed by atoms with Crippen molar-refractivity contribution >= 4 is 17.4 Å². The number of hydrogen-bond acceptors (Lipinski definition) is 3. The number of methoxy groups -OCH3 is 1. The summed E-state index contributed by atoms with van der Waals surface area (Å²) in [7, 11) is 3.11. The van der Waals surface area contributed by atoms with Gasteiger partial charge in [-0.15, -0.1) is 0 Å². The van der Waals surface area contributed by atoms with Crippen molar-refractivity contribution in [2.75, 3.05) is 12.8 Å². The predicted octanol–water partition coefficient (Wildman–Crippen LogP) is 2.78. The van der Waals surface area contributed by atoms with Gasteiger partial charge in [0, 0.05) is 23.2 Å². The van der Waals surface area contributed by atoms with Crippen LogP contribution >= 0.6 is 11.6 Å². The summed E-state index contributed by atoms with van der Waals surface area (Å²) >= 11 is 5.99. The van der Waals surface area contributed by atoms with E-state index in [9.17, 15) is 4.39 Å². The third kappa shape index (κ3) is 1.80. The summed E-state index contributed by atoms with van der Waals surface area (Å²) in [5.74, 6) is 0.0287. The zero-order chi connectivity index (χ0) is 13.4. The number of benzene rings is 1. The Bertz CT molecular complexity index is 610. The van der Waals surface area contributed by atoms with Crippen LogP contribution in [-0.4, -0.2) is 16.9 Å². The average Bonchev–Trinajstić information content (AvgIpc) is 2.65. The molecule has 1 aromatic carbocycles. The molecule has 0 aliphatic rings. The van der Waals surface area contributed by atoms with E-state index in [4.69, 9.17) is 22.1 Å². The number of nitrogen functional groups attached to an aromatic ring is 1. The maximum atomic E-state index is 13.8. The number of halogens is 2. The Labute approximate surface area is 109 Å². The summed E-state index contributed by atoms with van der Waals surface area (Å²) in [6, 6.07) is 1.23. The Balaban J connectivity index is 2.81. The van der Waals surface area contributed by atoms with E-state index in [2.05, 4.69) is 5.10 Å². The van der Waals surface area contributed by atoms with Crippen LogP contribution in [0.1, 0.15) is 5.56 Å². The molecule has 0 aliphatic carbocycles. The first kappa shape index (κ1) is 12.7. The minimum absolute atomic E-state index is 0.122. The molecule has 4 nitrogen and oxygen atoms in total. The largest absolute Gasteiger partial charge is 0.493 e. The monoisotopic (exact) mass is 269 g/mol. The number of nitrogens with two attached hydrogens (primary N) is 1. The molecule has 1 aromatic heterocycles. The first-order chi connectivity index (χ1) is 8.47. The highest BCUT2D eigenvalue weighted by Crippen LogP contribution is 2.40. The molecule has 0 bridgehead atoms. The summed E-state index contributed by atoms with van der Waals surface area (Å²) in [6.07, 6.45) is 1.57. The minimum atomic E-state index is -0.522. The fourth-order valence-electron chi connectivity index (χ4n) is 1.86. The van der Waals surface area contributed by atoms with Crippen molar-refractivity contribution in [3.63, 3.8) is 0 Å². The highest BCUT2D eigenvalue weighted by molar-refractivity contribution is 6.31. The SMILES string of the molecule is COc1c(F)cc(Cl)c(C)c1-c1cnn(C)c1N. The zero-order valence-corrected chi connectivity index (χ0v) is 11.0. The van der Waals surface area contributed by atoms with Gasteiger partial charge in [0.15, 0.2) is 11.6 Å². The Hall–Kier alpha value is -1.75. The second-order valence-corrected chi connectivity index (χ2v) is 4.35. The number of aromatic nitrogens is 2. The maximum absolute atomic E-state index is 13.8. The Kier molecular flexibility index (Phi) is 3.17. The highest BCUT2D eigenvalue weighted by atomic mass is 35.5. The van der Waals surface area contributed by atoms with E-state index in [0.29, 0.717) is 27.5 Å². The highest BCUT2D eigenvalue weighted by Gasteiger charge is 2.20. The molecule has 6 heteroatoms. The van der Waals surface area contributed by atoms with Crippen LogP contribution in [0.5, 0.6) is 5.75 Å². The van der Waals surface area contributed by atoms with Crippen molar-refractivity contribution in [3.05, 3.63) is 28.7 Å². The average molecular weight is 270 g/mol. The molecule has 0 saturated carbocycles. The Morgan fingerprint density at radius 1 is 1.50 bits per heavy atom. The Morgan fingerprint density at radius 2 is 2.17 bits per heavy atom. The molecular formula is C12H13ClFN3O. The third-order valence-corrected chi connectivity index (χ3v) is 3.28. The van der Waals surface area contributed by atoms with Crippen LogP contribution in [-0.2, 0) is 7.05 Å². The molecule has 2 N–H and O–H groups in total. The lowest BCUT2D eigenvalue weighted by atomic mass is 10.0. The predicted molar refractivity (Wildman–Crippen MR) is 69.3 cm³/mol. The topological polar surface area (TPSA) is 53.1 Å². The van der Waals surface area contributed by atoms with Crippen LogP contribution in [0.4, 0.5) is 10.2 Å². The van der Waals surface area contributed by atoms with Crippen molar-refractivity contribution in [2.24, 2.45) is 7.05 Å². The van der Waals surface area contributed by atoms with Gasteiger partial charge in [-0.3, -0.25) is 4.68 Å². The van der Waals surface area contributed by atoms with Crippen molar-refractivity contribution in [1.82, 2.24) is 9.78 Å². The van der Waals surface area contributed by atoms with Crippen LogP contribution in [0.15, 0.2) is 12.3 Å². The van der Waals surface area contributed by atoms with E-state index in [1.54, 1.807) is 20.2 Å². The van der Waals surface area contributed by atoms with Gasteiger partial charge in [-0.25, -0.2) is 4.39 Å². The van der Waals surface area contributed by atoms with Gasteiger partial charge in [-0.2, -0.15) is 5.10 Å². The quantitative estimate of drug-likeness (QED) is 0.912. The van der Waals surface area contributed by atoms with Crippen LogP contribution in [0.25, 0.3) is 11.1 Å². The molecule has 0 fully saturated rings. The van der Waals surface area contributed by atoms with Crippen LogP contribution < -0.4 is 10.5 Å². The molecule has 2 aromatic rings. The van der Waals surface area contributed by atoms with Gasteiger partial charge in [0.05, 0.1) is 13.3 Å². The van der Waals surface area contributed by atoms with Crippen molar-refractivity contribution in [1.29, 1.82) is 0 Å². The molecule has 1 heterocycles. The molecule has 0 spiro atoms. The van der Waals surface area contributed by atoms with Gasteiger partial charge >= 0.3 is 0 Å². The van der Waals surface area contributed by atoms with Crippen molar-refractivity contribution in [2.45, 2.75) is 6.92 Å². The molecule has 18 heavy (non-hydrogen) atoms. The lowest BCUT2D eigenvalue weighted by Gasteiger charge is -2.13. The number of ether oxygens (including phenoxy) is 1. The standard InChI is InChI=1S/C12H13ClFN3O/c1-6-8(13)4-9(14)11(18-3)10(6)7-5-16-17(2)12(7)15/h4-5H,15H2,1-3H3. The van der Waals surface area contributed by atoms with Crippen molar-refractivity contribution in [3.8, 4) is 16.9 Å². The van der Waals surface area contributed by atoms with E-state index < -0.39 is 5.82 Å². The summed E-state index contributed by atoms with van der Waals surface area (Å²) in [6.45, 7) is 1.78. The van der Waals surface area contributed by atoms with Crippen molar-refractivity contribution < 1.29 is 9.13 Å². The number of aryl methyl sites for hydroxylation is 1. The molecule has 0 amide bonds. The van der Waals surface area contributed by atoms with Crippen LogP contribution in [0, 0.1) is 12.7 Å². The summed E-state index contributed by atoms with van der Waals surface area (Å²) in [5, 5.41) is 4.36. The summed E-state index contributed by atoms with van der Waals surface area (Å²) < 4.78 is 20.4. The smallest absolute Gasteiger partial charge is 0.167 e. The normalized spacial score (nSPS) is 10.7. The third-order valence-electron chi connectivity index (χ3n) is 2.89. The zero-order valence-electron chi connectivity index (χ0n) is 10.3. The van der Waals surface area contributed by atoms with E-state index >= 15 is 0 Å². The van der Waals surface area contributed by atoms with Gasteiger partial charge in [0.25, 0.3) is 0 Å². The van der Waals surface area contributed by atoms with Gasteiger partial charge in [-0.1, -0.05) is 11.6 Å². The molecule has 0 aliphatic heterocycles. The number of anilines is 1. The second kappa shape index (κ2) is 4.49. The number of rotatable bonds is 2. The number of hydrogen-bond donors (Lipinski definition) is 1. The van der Waals surface area contributed by atoms with Gasteiger partial charge < -0.3 is 10.5 Å². The molecule has 0 unspecified atom stereocenters. The fourth-order valence-corrected chi connectivity index (χ4v) is 2.05. The first-order valence-electron chi connectivity index (χ1n) is 5.27. The molecular weight excluding hydrogens is 257 g/mol. The molecule has 2 rings (SSSR count). The van der Waals surface area contributed by atoms with Crippen LogP contribution in [0.2, 0.25) is 5.02 Å². The van der Waals surface area contributed by atoms with E-state index in [-0.39, 0.29) is 5.75 Å². The lowest BCUT2D eigenvalue weighted by molar-refractivity contribution is 0.388. The van der Waals surface area contributed by atoms with E-state index in [1.807, 2.05) is 0 Å². The van der Waals surface area contributed by atoms with Gasteiger partial charge in [-0.05, 0) is 18.6 Å². The van der Waals surface area contributed by atoms with Gasteiger partial charge in [0.2, 0.25) is 0 Å².